The van der Waals surface area contributed by atoms with E-state index in [1.807, 2.05) is 6.07 Å². The van der Waals surface area contributed by atoms with Crippen molar-refractivity contribution in [1.82, 2.24) is 4.98 Å². The lowest BCUT2D eigenvalue weighted by molar-refractivity contribution is -0.141. The van der Waals surface area contributed by atoms with Crippen LogP contribution >= 0.6 is 15.9 Å². The number of hydrogen-bond donors (Lipinski definition) is 0. The highest BCUT2D eigenvalue weighted by Gasteiger charge is 2.32. The summed E-state index contributed by atoms with van der Waals surface area (Å²) in [4.78, 5) is 3.32. The van der Waals surface area contributed by atoms with Crippen molar-refractivity contribution in [2.75, 3.05) is 0 Å². The molecule has 0 bridgehead atoms. The maximum Gasteiger partial charge on any atom is 0.433 e. The molecule has 1 aromatic heterocycles. The van der Waals surface area contributed by atoms with Crippen molar-refractivity contribution in [2.45, 2.75) is 6.18 Å². The van der Waals surface area contributed by atoms with Crippen LogP contribution in [-0.4, -0.2) is 4.98 Å². The predicted octanol–water partition coefficient (Wildman–Crippen LogP) is 4.53. The van der Waals surface area contributed by atoms with E-state index in [0.29, 0.717) is 11.1 Å². The van der Waals surface area contributed by atoms with Crippen molar-refractivity contribution in [3.05, 3.63) is 52.8 Å². The van der Waals surface area contributed by atoms with Gasteiger partial charge in [0.15, 0.2) is 0 Å². The Morgan fingerprint density at radius 3 is 2.35 bits per heavy atom. The molecule has 0 fully saturated rings. The Kier molecular flexibility index (Phi) is 3.19. The summed E-state index contributed by atoms with van der Waals surface area (Å²) >= 11 is 3.28. The van der Waals surface area contributed by atoms with Gasteiger partial charge in [0.25, 0.3) is 0 Å². The van der Waals surface area contributed by atoms with Crippen molar-refractivity contribution < 1.29 is 13.2 Å². The summed E-state index contributed by atoms with van der Waals surface area (Å²) in [6, 6.07) is 9.69. The number of nitrogens with zero attached hydrogens (tertiary/aromatic N) is 1. The monoisotopic (exact) mass is 301 g/mol. The van der Waals surface area contributed by atoms with E-state index in [1.165, 1.54) is 6.20 Å². The number of hydrogen-bond acceptors (Lipinski definition) is 1. The molecular weight excluding hydrogens is 295 g/mol. The molecule has 0 spiro atoms. The standard InChI is InChI=1S/C12H7BrF3N/c13-10-3-1-2-8(6-10)9-4-5-17-11(7-9)12(14,15)16/h1-7H. The Morgan fingerprint density at radius 2 is 1.71 bits per heavy atom. The third-order valence-corrected chi connectivity index (χ3v) is 2.70. The Balaban J connectivity index is 2.47. The Hall–Kier alpha value is -1.36. The van der Waals surface area contributed by atoms with E-state index in [1.54, 1.807) is 24.3 Å². The molecule has 0 unspecified atom stereocenters. The molecule has 0 aliphatic heterocycles. The smallest absolute Gasteiger partial charge is 0.252 e. The molecule has 0 aliphatic carbocycles. The molecule has 2 aromatic rings. The Bertz CT molecular complexity index is 537. The maximum atomic E-state index is 12.5. The third-order valence-electron chi connectivity index (χ3n) is 2.21. The fourth-order valence-corrected chi connectivity index (χ4v) is 1.83. The Labute approximate surface area is 104 Å². The molecule has 1 nitrogen and oxygen atoms in total. The van der Waals surface area contributed by atoms with Crippen LogP contribution in [0.15, 0.2) is 47.1 Å². The van der Waals surface area contributed by atoms with Gasteiger partial charge in [0.05, 0.1) is 0 Å². The van der Waals surface area contributed by atoms with E-state index < -0.39 is 11.9 Å². The second-order valence-electron chi connectivity index (χ2n) is 3.44. The van der Waals surface area contributed by atoms with Gasteiger partial charge in [-0.2, -0.15) is 13.2 Å². The highest BCUT2D eigenvalue weighted by molar-refractivity contribution is 9.10. The zero-order valence-corrected chi connectivity index (χ0v) is 10.1. The van der Waals surface area contributed by atoms with E-state index in [0.717, 1.165) is 10.5 Å². The first-order chi connectivity index (χ1) is 7.97. The van der Waals surface area contributed by atoms with Crippen molar-refractivity contribution in [2.24, 2.45) is 0 Å². The molecule has 88 valence electrons. The van der Waals surface area contributed by atoms with Crippen LogP contribution in [0.1, 0.15) is 5.69 Å². The first kappa shape index (κ1) is 12.1. The quantitative estimate of drug-likeness (QED) is 0.754. The van der Waals surface area contributed by atoms with Gasteiger partial charge in [-0.15, -0.1) is 0 Å². The fraction of sp³-hybridized carbons (Fsp3) is 0.0833. The van der Waals surface area contributed by atoms with Gasteiger partial charge in [0, 0.05) is 10.7 Å². The highest BCUT2D eigenvalue weighted by atomic mass is 79.9. The maximum absolute atomic E-state index is 12.5. The highest BCUT2D eigenvalue weighted by Crippen LogP contribution is 2.31. The largest absolute Gasteiger partial charge is 0.433 e. The first-order valence-electron chi connectivity index (χ1n) is 4.76. The number of halogens is 4. The van der Waals surface area contributed by atoms with Crippen LogP contribution < -0.4 is 0 Å². The average Bonchev–Trinajstić information content (AvgIpc) is 2.28. The summed E-state index contributed by atoms with van der Waals surface area (Å²) in [6.45, 7) is 0. The van der Waals surface area contributed by atoms with Crippen LogP contribution in [-0.2, 0) is 6.18 Å². The van der Waals surface area contributed by atoms with E-state index >= 15 is 0 Å². The molecule has 0 radical (unpaired) electrons. The molecule has 0 saturated carbocycles. The lowest BCUT2D eigenvalue weighted by atomic mass is 10.1. The minimum atomic E-state index is -4.41. The predicted molar refractivity (Wildman–Crippen MR) is 62.4 cm³/mol. The van der Waals surface area contributed by atoms with Gasteiger partial charge in [-0.25, -0.2) is 0 Å². The van der Waals surface area contributed by atoms with Crippen molar-refractivity contribution in [3.63, 3.8) is 0 Å². The summed E-state index contributed by atoms with van der Waals surface area (Å²) in [7, 11) is 0. The lowest BCUT2D eigenvalue weighted by Crippen LogP contribution is -2.07. The number of rotatable bonds is 1. The zero-order chi connectivity index (χ0) is 12.5. The van der Waals surface area contributed by atoms with Crippen molar-refractivity contribution in [1.29, 1.82) is 0 Å². The number of benzene rings is 1. The molecule has 0 amide bonds. The third kappa shape index (κ3) is 2.85. The van der Waals surface area contributed by atoms with Crippen LogP contribution in [0.4, 0.5) is 13.2 Å². The van der Waals surface area contributed by atoms with Crippen LogP contribution in [0.2, 0.25) is 0 Å². The first-order valence-corrected chi connectivity index (χ1v) is 5.55. The fourth-order valence-electron chi connectivity index (χ4n) is 1.43. The van der Waals surface area contributed by atoms with Crippen molar-refractivity contribution in [3.8, 4) is 11.1 Å². The van der Waals surface area contributed by atoms with E-state index in [4.69, 9.17) is 0 Å². The van der Waals surface area contributed by atoms with Gasteiger partial charge in [0.1, 0.15) is 5.69 Å². The van der Waals surface area contributed by atoms with Crippen LogP contribution in [0.5, 0.6) is 0 Å². The van der Waals surface area contributed by atoms with Crippen LogP contribution in [0.25, 0.3) is 11.1 Å². The second-order valence-corrected chi connectivity index (χ2v) is 4.35. The van der Waals surface area contributed by atoms with Gasteiger partial charge in [-0.05, 0) is 35.4 Å². The minimum Gasteiger partial charge on any atom is -0.252 e. The van der Waals surface area contributed by atoms with E-state index in [9.17, 15) is 13.2 Å². The van der Waals surface area contributed by atoms with E-state index in [2.05, 4.69) is 20.9 Å². The number of aromatic nitrogens is 1. The lowest BCUT2D eigenvalue weighted by Gasteiger charge is -2.07. The SMILES string of the molecule is FC(F)(F)c1cc(-c2cccc(Br)c2)ccn1. The minimum absolute atomic E-state index is 0.494. The van der Waals surface area contributed by atoms with Crippen molar-refractivity contribution >= 4 is 15.9 Å². The zero-order valence-electron chi connectivity index (χ0n) is 8.50. The van der Waals surface area contributed by atoms with Crippen LogP contribution in [0.3, 0.4) is 0 Å². The Morgan fingerprint density at radius 1 is 1.00 bits per heavy atom. The topological polar surface area (TPSA) is 12.9 Å². The average molecular weight is 302 g/mol. The summed E-state index contributed by atoms with van der Waals surface area (Å²) in [6.07, 6.45) is -3.25. The van der Waals surface area contributed by atoms with Gasteiger partial charge < -0.3 is 0 Å². The van der Waals surface area contributed by atoms with Gasteiger partial charge in [-0.1, -0.05) is 28.1 Å². The molecule has 0 saturated heterocycles. The molecule has 1 aromatic carbocycles. The molecule has 1 heterocycles. The molecule has 0 aliphatic rings. The van der Waals surface area contributed by atoms with Gasteiger partial charge in [0.2, 0.25) is 0 Å². The summed E-state index contributed by atoms with van der Waals surface area (Å²) < 4.78 is 38.3. The number of alkyl halides is 3. The molecule has 17 heavy (non-hydrogen) atoms. The summed E-state index contributed by atoms with van der Waals surface area (Å²) in [5.41, 5.74) is 0.330. The summed E-state index contributed by atoms with van der Waals surface area (Å²) in [5, 5.41) is 0. The molecule has 0 atom stereocenters. The molecule has 0 N–H and O–H groups in total. The van der Waals surface area contributed by atoms with Gasteiger partial charge in [-0.3, -0.25) is 4.98 Å². The normalized spacial score (nSPS) is 11.5. The molecular formula is C12H7BrF3N. The van der Waals surface area contributed by atoms with Gasteiger partial charge >= 0.3 is 6.18 Å². The van der Waals surface area contributed by atoms with E-state index in [-0.39, 0.29) is 0 Å². The number of pyridine rings is 1. The molecule has 2 rings (SSSR count). The summed E-state index contributed by atoms with van der Waals surface area (Å²) in [5.74, 6) is 0. The van der Waals surface area contributed by atoms with Crippen LogP contribution in [0, 0.1) is 0 Å². The molecule has 5 heteroatoms. The second kappa shape index (κ2) is 4.49.